The lowest BCUT2D eigenvalue weighted by atomic mass is 10.2. The Hall–Kier alpha value is -2.37. The van der Waals surface area contributed by atoms with Crippen LogP contribution < -0.4 is 4.74 Å². The first-order valence-electron chi connectivity index (χ1n) is 6.79. The number of hydrogen-bond donors (Lipinski definition) is 0. The van der Waals surface area contributed by atoms with Crippen molar-refractivity contribution in [1.82, 2.24) is 5.06 Å². The Balaban J connectivity index is 2.11. The fraction of sp³-hybridized carbons (Fsp3) is 0.400. The predicted molar refractivity (Wildman–Crippen MR) is 73.3 cm³/mol. The lowest BCUT2D eigenvalue weighted by Crippen LogP contribution is -2.32. The number of imide groups is 1. The molecule has 112 valence electrons. The maximum Gasteiger partial charge on any atom is 0.367 e. The van der Waals surface area contributed by atoms with Crippen molar-refractivity contribution >= 4 is 17.8 Å². The highest BCUT2D eigenvalue weighted by Crippen LogP contribution is 2.21. The molecular weight excluding hydrogens is 274 g/mol. The Morgan fingerprint density at radius 3 is 2.43 bits per heavy atom. The van der Waals surface area contributed by atoms with Gasteiger partial charge in [-0.3, -0.25) is 9.59 Å². The molecule has 0 spiro atoms. The van der Waals surface area contributed by atoms with Crippen molar-refractivity contribution < 1.29 is 24.0 Å². The van der Waals surface area contributed by atoms with E-state index in [4.69, 9.17) is 9.57 Å². The van der Waals surface area contributed by atoms with Crippen LogP contribution in [0.5, 0.6) is 5.75 Å². The second-order valence-corrected chi connectivity index (χ2v) is 5.16. The second-order valence-electron chi connectivity index (χ2n) is 5.16. The van der Waals surface area contributed by atoms with Crippen LogP contribution in [0.2, 0.25) is 0 Å². The van der Waals surface area contributed by atoms with Gasteiger partial charge < -0.3 is 9.57 Å². The lowest BCUT2D eigenvalue weighted by molar-refractivity contribution is -0.172. The normalized spacial score (nSPS) is 14.7. The van der Waals surface area contributed by atoms with E-state index in [1.807, 2.05) is 13.8 Å². The van der Waals surface area contributed by atoms with E-state index in [0.717, 1.165) is 0 Å². The smallest absolute Gasteiger partial charge is 0.367 e. The summed E-state index contributed by atoms with van der Waals surface area (Å²) in [6.07, 6.45) is 0.134. The number of nitrogens with zero attached hydrogens (tertiary/aromatic N) is 1. The molecule has 0 saturated carbocycles. The first kappa shape index (κ1) is 15.0. The Morgan fingerprint density at radius 2 is 1.81 bits per heavy atom. The topological polar surface area (TPSA) is 72.9 Å². The summed E-state index contributed by atoms with van der Waals surface area (Å²) >= 11 is 0. The molecule has 0 bridgehead atoms. The first-order chi connectivity index (χ1) is 9.99. The molecule has 2 rings (SSSR count). The number of carbonyl (C=O) groups is 3. The van der Waals surface area contributed by atoms with Gasteiger partial charge in [-0.25, -0.2) is 4.79 Å². The van der Waals surface area contributed by atoms with Gasteiger partial charge in [0.25, 0.3) is 11.8 Å². The van der Waals surface area contributed by atoms with Gasteiger partial charge in [-0.15, -0.1) is 5.06 Å². The third kappa shape index (κ3) is 3.59. The van der Waals surface area contributed by atoms with Crippen molar-refractivity contribution in [1.29, 1.82) is 0 Å². The van der Waals surface area contributed by atoms with Gasteiger partial charge in [0, 0.05) is 12.8 Å². The molecule has 0 aliphatic carbocycles. The zero-order valence-electron chi connectivity index (χ0n) is 12.0. The van der Waals surface area contributed by atoms with E-state index in [-0.39, 0.29) is 18.4 Å². The summed E-state index contributed by atoms with van der Waals surface area (Å²) in [5.74, 6) is -1.12. The quantitative estimate of drug-likeness (QED) is 0.775. The molecule has 1 aromatic rings. The first-order valence-corrected chi connectivity index (χ1v) is 6.79. The van der Waals surface area contributed by atoms with Crippen LogP contribution in [0, 0.1) is 5.92 Å². The molecule has 0 atom stereocenters. The predicted octanol–water partition coefficient (Wildman–Crippen LogP) is 1.94. The van der Waals surface area contributed by atoms with Gasteiger partial charge in [0.1, 0.15) is 11.3 Å². The molecule has 1 aromatic carbocycles. The molecule has 0 unspecified atom stereocenters. The van der Waals surface area contributed by atoms with E-state index < -0.39 is 17.8 Å². The average molecular weight is 291 g/mol. The standard InChI is InChI=1S/C15H17NO5/c1-10(2)9-20-12-6-4-3-5-11(12)15(19)21-16-13(17)7-8-14(16)18/h3-6,10H,7-9H2,1-2H3. The maximum absolute atomic E-state index is 12.1. The van der Waals surface area contributed by atoms with Crippen LogP contribution in [-0.4, -0.2) is 29.5 Å². The highest BCUT2D eigenvalue weighted by atomic mass is 16.7. The number of hydroxylamine groups is 2. The molecule has 1 aliphatic heterocycles. The molecule has 1 fully saturated rings. The minimum Gasteiger partial charge on any atom is -0.492 e. The third-order valence-electron chi connectivity index (χ3n) is 2.86. The highest BCUT2D eigenvalue weighted by Gasteiger charge is 2.33. The summed E-state index contributed by atoms with van der Waals surface area (Å²) in [6.45, 7) is 4.43. The number of ether oxygens (including phenoxy) is 1. The van der Waals surface area contributed by atoms with Crippen molar-refractivity contribution in [3.05, 3.63) is 29.8 Å². The van der Waals surface area contributed by atoms with Gasteiger partial charge in [-0.05, 0) is 18.1 Å². The van der Waals surface area contributed by atoms with Gasteiger partial charge in [-0.2, -0.15) is 0 Å². The molecule has 21 heavy (non-hydrogen) atoms. The molecule has 0 radical (unpaired) electrons. The van der Waals surface area contributed by atoms with Crippen LogP contribution in [0.15, 0.2) is 24.3 Å². The van der Waals surface area contributed by atoms with E-state index in [9.17, 15) is 14.4 Å². The van der Waals surface area contributed by atoms with Gasteiger partial charge >= 0.3 is 5.97 Å². The summed E-state index contributed by atoms with van der Waals surface area (Å²) in [5.41, 5.74) is 0.186. The summed E-state index contributed by atoms with van der Waals surface area (Å²) in [6, 6.07) is 6.57. The zero-order valence-corrected chi connectivity index (χ0v) is 12.0. The van der Waals surface area contributed by atoms with E-state index in [1.54, 1.807) is 18.2 Å². The number of benzene rings is 1. The van der Waals surface area contributed by atoms with Gasteiger partial charge in [0.15, 0.2) is 0 Å². The van der Waals surface area contributed by atoms with Crippen molar-refractivity contribution in [3.8, 4) is 5.75 Å². The summed E-state index contributed by atoms with van der Waals surface area (Å²) < 4.78 is 5.55. The fourth-order valence-corrected chi connectivity index (χ4v) is 1.81. The Morgan fingerprint density at radius 1 is 1.19 bits per heavy atom. The van der Waals surface area contributed by atoms with Crippen molar-refractivity contribution in [2.45, 2.75) is 26.7 Å². The van der Waals surface area contributed by atoms with Crippen molar-refractivity contribution in [2.75, 3.05) is 6.61 Å². The van der Waals surface area contributed by atoms with Crippen LogP contribution in [0.4, 0.5) is 0 Å². The largest absolute Gasteiger partial charge is 0.492 e. The second kappa shape index (κ2) is 6.39. The molecule has 2 amide bonds. The number of amides is 2. The van der Waals surface area contributed by atoms with Crippen molar-refractivity contribution in [3.63, 3.8) is 0 Å². The molecule has 1 aliphatic rings. The van der Waals surface area contributed by atoms with Crippen LogP contribution in [-0.2, 0) is 14.4 Å². The van der Waals surface area contributed by atoms with E-state index >= 15 is 0 Å². The molecule has 6 nitrogen and oxygen atoms in total. The van der Waals surface area contributed by atoms with Gasteiger partial charge in [0.2, 0.25) is 0 Å². The number of carbonyl (C=O) groups excluding carboxylic acids is 3. The van der Waals surface area contributed by atoms with Crippen LogP contribution in [0.3, 0.4) is 0 Å². The molecule has 1 saturated heterocycles. The number of para-hydroxylation sites is 1. The van der Waals surface area contributed by atoms with Crippen LogP contribution in [0.25, 0.3) is 0 Å². The molecule has 0 aromatic heterocycles. The Labute approximate surface area is 122 Å². The van der Waals surface area contributed by atoms with Gasteiger partial charge in [0.05, 0.1) is 6.61 Å². The third-order valence-corrected chi connectivity index (χ3v) is 2.86. The summed E-state index contributed by atoms with van der Waals surface area (Å²) in [7, 11) is 0. The van der Waals surface area contributed by atoms with E-state index in [2.05, 4.69) is 0 Å². The fourth-order valence-electron chi connectivity index (χ4n) is 1.81. The lowest BCUT2D eigenvalue weighted by Gasteiger charge is -2.15. The summed E-state index contributed by atoms with van der Waals surface area (Å²) in [5, 5.41) is 0.529. The molecule has 1 heterocycles. The van der Waals surface area contributed by atoms with E-state index in [1.165, 1.54) is 6.07 Å². The van der Waals surface area contributed by atoms with Crippen LogP contribution >= 0.6 is 0 Å². The average Bonchev–Trinajstić information content (AvgIpc) is 2.77. The zero-order chi connectivity index (χ0) is 15.4. The maximum atomic E-state index is 12.1. The minimum atomic E-state index is -0.780. The van der Waals surface area contributed by atoms with Gasteiger partial charge in [-0.1, -0.05) is 26.0 Å². The molecule has 0 N–H and O–H groups in total. The van der Waals surface area contributed by atoms with Crippen LogP contribution in [0.1, 0.15) is 37.0 Å². The minimum absolute atomic E-state index is 0.0671. The SMILES string of the molecule is CC(C)COc1ccccc1C(=O)ON1C(=O)CCC1=O. The Bertz CT molecular complexity index is 551. The molecular formula is C15H17NO5. The number of hydrogen-bond acceptors (Lipinski definition) is 5. The van der Waals surface area contributed by atoms with Crippen molar-refractivity contribution in [2.24, 2.45) is 5.92 Å². The van der Waals surface area contributed by atoms with E-state index in [0.29, 0.717) is 23.3 Å². The Kier molecular flexibility index (Phi) is 4.57. The highest BCUT2D eigenvalue weighted by molar-refractivity contribution is 6.03. The number of rotatable bonds is 5. The monoisotopic (exact) mass is 291 g/mol. The summed E-state index contributed by atoms with van der Waals surface area (Å²) in [4.78, 5) is 39.9. The molecule has 6 heteroatoms.